The van der Waals surface area contributed by atoms with E-state index in [9.17, 15) is 0 Å². The second kappa shape index (κ2) is 10.0. The molecular weight excluding hydrogens is 234 g/mol. The van der Waals surface area contributed by atoms with Crippen molar-refractivity contribution in [3.05, 3.63) is 0 Å². The van der Waals surface area contributed by atoms with Gasteiger partial charge in [-0.15, -0.1) is 0 Å². The average Bonchev–Trinajstić information content (AvgIpc) is 2.35. The van der Waals surface area contributed by atoms with Gasteiger partial charge in [0.15, 0.2) is 0 Å². The Balaban J connectivity index is 4.23. The average molecular weight is 263 g/mol. The minimum absolute atomic E-state index is 0.621. The van der Waals surface area contributed by atoms with Gasteiger partial charge in [-0.25, -0.2) is 0 Å². The summed E-state index contributed by atoms with van der Waals surface area (Å²) in [6, 6.07) is 0.881. The first-order chi connectivity index (χ1) is 8.17. The Kier molecular flexibility index (Phi) is 10.1. The molecule has 5 heteroatoms. The van der Waals surface area contributed by atoms with E-state index in [1.54, 1.807) is 14.2 Å². The van der Waals surface area contributed by atoms with Crippen LogP contribution >= 0.6 is 0 Å². The van der Waals surface area contributed by atoms with Crippen LogP contribution in [-0.4, -0.2) is 47.7 Å². The molecule has 104 valence electrons. The molecule has 0 aliphatic carbocycles. The summed E-state index contributed by atoms with van der Waals surface area (Å²) in [5.74, 6) is 0. The first kappa shape index (κ1) is 17.1. The van der Waals surface area contributed by atoms with E-state index in [4.69, 9.17) is 13.3 Å². The quantitative estimate of drug-likeness (QED) is 0.424. The lowest BCUT2D eigenvalue weighted by Gasteiger charge is -2.30. The maximum atomic E-state index is 5.96. The second-order valence-corrected chi connectivity index (χ2v) is 7.20. The van der Waals surface area contributed by atoms with E-state index in [2.05, 4.69) is 25.7 Å². The van der Waals surface area contributed by atoms with Gasteiger partial charge in [0.05, 0.1) is 6.73 Å². The standard InChI is InChI=1S/C12H29NO3Si/c1-6-9-13(10-7-2)12-16-17(14-4,15-5)11-8-3/h6-12H2,1-5H3. The molecule has 0 unspecified atom stereocenters. The Morgan fingerprint density at radius 2 is 1.41 bits per heavy atom. The Labute approximate surface area is 108 Å². The summed E-state index contributed by atoms with van der Waals surface area (Å²) < 4.78 is 17.0. The summed E-state index contributed by atoms with van der Waals surface area (Å²) >= 11 is 0. The van der Waals surface area contributed by atoms with E-state index >= 15 is 0 Å². The summed E-state index contributed by atoms with van der Waals surface area (Å²) in [6.07, 6.45) is 3.31. The van der Waals surface area contributed by atoms with Gasteiger partial charge in [0.1, 0.15) is 0 Å². The predicted octanol–water partition coefficient (Wildman–Crippen LogP) is 2.72. The SMILES string of the molecule is CCCN(CCC)CO[Si](CCC)(OC)OC. The van der Waals surface area contributed by atoms with Crippen molar-refractivity contribution in [1.82, 2.24) is 4.90 Å². The summed E-state index contributed by atoms with van der Waals surface area (Å²) in [4.78, 5) is 2.31. The molecule has 0 spiro atoms. The van der Waals surface area contributed by atoms with Crippen LogP contribution in [0.25, 0.3) is 0 Å². The molecule has 0 bridgehead atoms. The van der Waals surface area contributed by atoms with Crippen LogP contribution in [0.5, 0.6) is 0 Å². The Bertz CT molecular complexity index is 171. The highest BCUT2D eigenvalue weighted by atomic mass is 28.4. The molecule has 0 fully saturated rings. The van der Waals surface area contributed by atoms with Crippen molar-refractivity contribution in [2.75, 3.05) is 34.0 Å². The molecule has 0 saturated heterocycles. The lowest BCUT2D eigenvalue weighted by atomic mass is 10.4. The van der Waals surface area contributed by atoms with Crippen LogP contribution in [0.1, 0.15) is 40.0 Å². The molecule has 17 heavy (non-hydrogen) atoms. The molecule has 4 nitrogen and oxygen atoms in total. The zero-order valence-corrected chi connectivity index (χ0v) is 13.1. The van der Waals surface area contributed by atoms with Gasteiger partial charge in [-0.3, -0.25) is 4.90 Å². The molecule has 0 aromatic rings. The van der Waals surface area contributed by atoms with E-state index in [0.29, 0.717) is 6.73 Å². The fraction of sp³-hybridized carbons (Fsp3) is 1.00. The smallest absolute Gasteiger partial charge is 0.377 e. The van der Waals surface area contributed by atoms with Crippen molar-refractivity contribution in [2.24, 2.45) is 0 Å². The molecular formula is C12H29NO3Si. The van der Waals surface area contributed by atoms with Gasteiger partial charge in [0, 0.05) is 20.3 Å². The predicted molar refractivity (Wildman–Crippen MR) is 73.0 cm³/mol. The van der Waals surface area contributed by atoms with Crippen LogP contribution in [0.15, 0.2) is 0 Å². The fourth-order valence-electron chi connectivity index (χ4n) is 1.85. The lowest BCUT2D eigenvalue weighted by Crippen LogP contribution is -2.46. The lowest BCUT2D eigenvalue weighted by molar-refractivity contribution is 0.0368. The van der Waals surface area contributed by atoms with Gasteiger partial charge >= 0.3 is 8.80 Å². The highest BCUT2D eigenvalue weighted by Crippen LogP contribution is 2.16. The molecule has 0 aliphatic rings. The Morgan fingerprint density at radius 1 is 0.882 bits per heavy atom. The van der Waals surface area contributed by atoms with Gasteiger partial charge < -0.3 is 13.3 Å². The van der Waals surface area contributed by atoms with E-state index in [0.717, 1.165) is 38.4 Å². The van der Waals surface area contributed by atoms with Gasteiger partial charge in [-0.1, -0.05) is 27.2 Å². The molecule has 0 heterocycles. The van der Waals surface area contributed by atoms with Crippen LogP contribution in [0.3, 0.4) is 0 Å². The van der Waals surface area contributed by atoms with Crippen molar-refractivity contribution in [2.45, 2.75) is 46.1 Å². The van der Waals surface area contributed by atoms with Crippen molar-refractivity contribution < 1.29 is 13.3 Å². The molecule has 0 aromatic heterocycles. The Morgan fingerprint density at radius 3 is 1.76 bits per heavy atom. The summed E-state index contributed by atoms with van der Waals surface area (Å²) in [5, 5.41) is 0. The number of nitrogens with zero attached hydrogens (tertiary/aromatic N) is 1. The monoisotopic (exact) mass is 263 g/mol. The normalized spacial score (nSPS) is 12.4. The first-order valence-corrected chi connectivity index (χ1v) is 8.57. The molecule has 0 amide bonds. The fourth-order valence-corrected chi connectivity index (χ4v) is 3.79. The van der Waals surface area contributed by atoms with Gasteiger partial charge in [-0.05, 0) is 25.9 Å². The van der Waals surface area contributed by atoms with Gasteiger partial charge in [0.2, 0.25) is 0 Å². The maximum Gasteiger partial charge on any atom is 0.501 e. The zero-order valence-electron chi connectivity index (χ0n) is 12.1. The third-order valence-corrected chi connectivity index (χ3v) is 5.65. The number of rotatable bonds is 11. The van der Waals surface area contributed by atoms with E-state index in [1.165, 1.54) is 0 Å². The van der Waals surface area contributed by atoms with Crippen LogP contribution in [0.4, 0.5) is 0 Å². The van der Waals surface area contributed by atoms with Crippen molar-refractivity contribution in [1.29, 1.82) is 0 Å². The highest BCUT2D eigenvalue weighted by molar-refractivity contribution is 6.60. The van der Waals surface area contributed by atoms with Gasteiger partial charge in [-0.2, -0.15) is 0 Å². The molecule has 0 atom stereocenters. The zero-order chi connectivity index (χ0) is 13.1. The van der Waals surface area contributed by atoms with Crippen LogP contribution in [-0.2, 0) is 13.3 Å². The van der Waals surface area contributed by atoms with Crippen molar-refractivity contribution >= 4 is 8.80 Å². The molecule has 0 saturated carbocycles. The van der Waals surface area contributed by atoms with Crippen LogP contribution < -0.4 is 0 Å². The third kappa shape index (κ3) is 6.52. The first-order valence-electron chi connectivity index (χ1n) is 6.64. The van der Waals surface area contributed by atoms with Crippen LogP contribution in [0.2, 0.25) is 6.04 Å². The maximum absolute atomic E-state index is 5.96. The molecule has 0 N–H and O–H groups in total. The largest absolute Gasteiger partial charge is 0.501 e. The number of hydrogen-bond acceptors (Lipinski definition) is 4. The summed E-state index contributed by atoms with van der Waals surface area (Å²) in [6.45, 7) is 9.25. The molecule has 0 aromatic carbocycles. The Hall–Kier alpha value is 0.0569. The summed E-state index contributed by atoms with van der Waals surface area (Å²) in [5.41, 5.74) is 0. The van der Waals surface area contributed by atoms with Crippen LogP contribution in [0, 0.1) is 0 Å². The topological polar surface area (TPSA) is 30.9 Å². The minimum Gasteiger partial charge on any atom is -0.377 e. The highest BCUT2D eigenvalue weighted by Gasteiger charge is 2.38. The number of hydrogen-bond donors (Lipinski definition) is 0. The van der Waals surface area contributed by atoms with Gasteiger partial charge in [0.25, 0.3) is 0 Å². The minimum atomic E-state index is -2.41. The second-order valence-electron chi connectivity index (χ2n) is 4.23. The van der Waals surface area contributed by atoms with E-state index < -0.39 is 8.80 Å². The molecule has 0 rings (SSSR count). The van der Waals surface area contributed by atoms with E-state index in [-0.39, 0.29) is 0 Å². The third-order valence-electron chi connectivity index (χ3n) is 2.72. The van der Waals surface area contributed by atoms with Crippen molar-refractivity contribution in [3.8, 4) is 0 Å². The molecule has 0 aliphatic heterocycles. The molecule has 0 radical (unpaired) electrons. The summed E-state index contributed by atoms with van der Waals surface area (Å²) in [7, 11) is 0.974. The van der Waals surface area contributed by atoms with Crippen molar-refractivity contribution in [3.63, 3.8) is 0 Å². The van der Waals surface area contributed by atoms with E-state index in [1.807, 2.05) is 0 Å².